The molecule has 3 aromatic rings. The number of halogens is 5. The summed E-state index contributed by atoms with van der Waals surface area (Å²) in [6, 6.07) is 7.19. The Morgan fingerprint density at radius 3 is 2.43 bits per heavy atom. The zero-order chi connectivity index (χ0) is 15.2. The van der Waals surface area contributed by atoms with Gasteiger partial charge < -0.3 is 4.40 Å². The number of pyridine rings is 1. The van der Waals surface area contributed by atoms with Gasteiger partial charge in [0.05, 0.1) is 16.3 Å². The van der Waals surface area contributed by atoms with Crippen molar-refractivity contribution in [2.45, 2.75) is 6.18 Å². The van der Waals surface area contributed by atoms with E-state index in [-0.39, 0.29) is 0 Å². The summed E-state index contributed by atoms with van der Waals surface area (Å²) in [6.45, 7) is 0. The van der Waals surface area contributed by atoms with Crippen LogP contribution in [0.25, 0.3) is 16.9 Å². The number of nitrogens with zero attached hydrogens (tertiary/aromatic N) is 2. The molecule has 0 saturated carbocycles. The second-order valence-corrected chi connectivity index (χ2v) is 5.27. The Hall–Kier alpha value is -1.72. The smallest absolute Gasteiger partial charge is 0.306 e. The predicted octanol–water partition coefficient (Wildman–Crippen LogP) is 5.33. The van der Waals surface area contributed by atoms with Gasteiger partial charge >= 0.3 is 6.18 Å². The third-order valence-electron chi connectivity index (χ3n) is 2.99. The standard InChI is InChI=1S/C14H7Cl2F3N2/c15-9-2-3-10(11(16)5-9)12-7-21-6-8(14(17,18)19)1-4-13(21)20-12/h1-7H. The lowest BCUT2D eigenvalue weighted by Gasteiger charge is -2.05. The van der Waals surface area contributed by atoms with Gasteiger partial charge in [0, 0.05) is 23.0 Å². The molecule has 0 atom stereocenters. The zero-order valence-corrected chi connectivity index (χ0v) is 11.8. The number of alkyl halides is 3. The number of benzene rings is 1. The van der Waals surface area contributed by atoms with Crippen LogP contribution < -0.4 is 0 Å². The summed E-state index contributed by atoms with van der Waals surface area (Å²) >= 11 is 11.9. The fourth-order valence-electron chi connectivity index (χ4n) is 1.99. The topological polar surface area (TPSA) is 17.3 Å². The van der Waals surface area contributed by atoms with Crippen LogP contribution in [0.2, 0.25) is 10.0 Å². The molecule has 0 aliphatic rings. The van der Waals surface area contributed by atoms with Crippen molar-refractivity contribution >= 4 is 28.8 Å². The molecule has 2 nitrogen and oxygen atoms in total. The summed E-state index contributed by atoms with van der Waals surface area (Å²) < 4.78 is 39.4. The van der Waals surface area contributed by atoms with Gasteiger partial charge in [-0.2, -0.15) is 13.2 Å². The Kier molecular flexibility index (Phi) is 3.34. The van der Waals surface area contributed by atoms with Gasteiger partial charge in [-0.1, -0.05) is 23.2 Å². The maximum Gasteiger partial charge on any atom is 0.417 e. The molecule has 3 rings (SSSR count). The third kappa shape index (κ3) is 2.71. The van der Waals surface area contributed by atoms with Crippen LogP contribution in [0.1, 0.15) is 5.56 Å². The largest absolute Gasteiger partial charge is 0.417 e. The van der Waals surface area contributed by atoms with Gasteiger partial charge in [-0.3, -0.25) is 0 Å². The number of rotatable bonds is 1. The van der Waals surface area contributed by atoms with E-state index in [1.54, 1.807) is 18.2 Å². The summed E-state index contributed by atoms with van der Waals surface area (Å²) in [6.07, 6.45) is -1.90. The van der Waals surface area contributed by atoms with E-state index in [4.69, 9.17) is 23.2 Å². The molecule has 0 aliphatic carbocycles. The summed E-state index contributed by atoms with van der Waals surface area (Å²) in [4.78, 5) is 4.26. The van der Waals surface area contributed by atoms with Crippen LogP contribution >= 0.6 is 23.2 Å². The number of fused-ring (bicyclic) bond motifs is 1. The van der Waals surface area contributed by atoms with E-state index >= 15 is 0 Å². The second kappa shape index (κ2) is 4.93. The predicted molar refractivity (Wildman–Crippen MR) is 75.7 cm³/mol. The highest BCUT2D eigenvalue weighted by Gasteiger charge is 2.30. The van der Waals surface area contributed by atoms with Gasteiger partial charge in [-0.05, 0) is 30.3 Å². The molecule has 0 unspecified atom stereocenters. The van der Waals surface area contributed by atoms with Crippen molar-refractivity contribution in [1.29, 1.82) is 0 Å². The molecule has 0 N–H and O–H groups in total. The Balaban J connectivity index is 2.13. The lowest BCUT2D eigenvalue weighted by molar-refractivity contribution is -0.137. The fraction of sp³-hybridized carbons (Fsp3) is 0.0714. The Bertz CT molecular complexity index is 825. The molecule has 2 aromatic heterocycles. The number of hydrogen-bond donors (Lipinski definition) is 0. The first-order chi connectivity index (χ1) is 9.84. The van der Waals surface area contributed by atoms with E-state index in [0.29, 0.717) is 26.9 Å². The van der Waals surface area contributed by atoms with E-state index in [2.05, 4.69) is 4.98 Å². The molecule has 7 heteroatoms. The van der Waals surface area contributed by atoms with Crippen LogP contribution in [-0.4, -0.2) is 9.38 Å². The average Bonchev–Trinajstić information content (AvgIpc) is 2.79. The quantitative estimate of drug-likeness (QED) is 0.589. The van der Waals surface area contributed by atoms with Gasteiger partial charge in [0.2, 0.25) is 0 Å². The molecule has 0 aliphatic heterocycles. The van der Waals surface area contributed by atoms with Crippen LogP contribution in [-0.2, 0) is 6.18 Å². The van der Waals surface area contributed by atoms with E-state index < -0.39 is 11.7 Å². The fourth-order valence-corrected chi connectivity index (χ4v) is 2.49. The van der Waals surface area contributed by atoms with E-state index in [0.717, 1.165) is 12.3 Å². The molecule has 0 amide bonds. The van der Waals surface area contributed by atoms with Gasteiger partial charge in [0.15, 0.2) is 0 Å². The highest BCUT2D eigenvalue weighted by Crippen LogP contribution is 2.32. The van der Waals surface area contributed by atoms with Crippen LogP contribution in [0.4, 0.5) is 13.2 Å². The highest BCUT2D eigenvalue weighted by molar-refractivity contribution is 6.36. The molecule has 0 fully saturated rings. The molecule has 0 saturated heterocycles. The van der Waals surface area contributed by atoms with Gasteiger partial charge in [0.1, 0.15) is 5.65 Å². The minimum atomic E-state index is -4.39. The monoisotopic (exact) mass is 330 g/mol. The first-order valence-corrected chi connectivity index (χ1v) is 6.61. The molecule has 21 heavy (non-hydrogen) atoms. The zero-order valence-electron chi connectivity index (χ0n) is 10.3. The molecular weight excluding hydrogens is 324 g/mol. The van der Waals surface area contributed by atoms with Crippen molar-refractivity contribution in [3.63, 3.8) is 0 Å². The number of aromatic nitrogens is 2. The minimum absolute atomic E-state index is 0.391. The molecular formula is C14H7Cl2F3N2. The summed E-state index contributed by atoms with van der Waals surface area (Å²) in [5.41, 5.74) is 0.763. The van der Waals surface area contributed by atoms with Crippen molar-refractivity contribution in [3.8, 4) is 11.3 Å². The van der Waals surface area contributed by atoms with Crippen molar-refractivity contribution in [1.82, 2.24) is 9.38 Å². The second-order valence-electron chi connectivity index (χ2n) is 4.43. The molecule has 1 aromatic carbocycles. The van der Waals surface area contributed by atoms with E-state index in [9.17, 15) is 13.2 Å². The summed E-state index contributed by atoms with van der Waals surface area (Å²) in [5.74, 6) is 0. The van der Waals surface area contributed by atoms with Gasteiger partial charge in [-0.25, -0.2) is 4.98 Å². The van der Waals surface area contributed by atoms with Crippen LogP contribution in [0.15, 0.2) is 42.7 Å². The Labute approximate surface area is 127 Å². The van der Waals surface area contributed by atoms with Gasteiger partial charge in [0.25, 0.3) is 0 Å². The lowest BCUT2D eigenvalue weighted by atomic mass is 10.2. The minimum Gasteiger partial charge on any atom is -0.306 e. The number of imidazole rings is 1. The maximum atomic E-state index is 12.7. The van der Waals surface area contributed by atoms with Crippen molar-refractivity contribution < 1.29 is 13.2 Å². The first kappa shape index (κ1) is 14.2. The molecule has 0 bridgehead atoms. The van der Waals surface area contributed by atoms with Crippen LogP contribution in [0.5, 0.6) is 0 Å². The molecule has 0 radical (unpaired) electrons. The summed E-state index contributed by atoms with van der Waals surface area (Å²) in [7, 11) is 0. The first-order valence-electron chi connectivity index (χ1n) is 5.86. The molecule has 108 valence electrons. The van der Waals surface area contributed by atoms with E-state index in [1.807, 2.05) is 0 Å². The highest BCUT2D eigenvalue weighted by atomic mass is 35.5. The third-order valence-corrected chi connectivity index (χ3v) is 3.53. The SMILES string of the molecule is FC(F)(F)c1ccc2nc(-c3ccc(Cl)cc3Cl)cn2c1. The van der Waals surface area contributed by atoms with E-state index in [1.165, 1.54) is 16.7 Å². The van der Waals surface area contributed by atoms with Crippen molar-refractivity contribution in [2.75, 3.05) is 0 Å². The van der Waals surface area contributed by atoms with Gasteiger partial charge in [-0.15, -0.1) is 0 Å². The average molecular weight is 331 g/mol. The molecule has 0 spiro atoms. The lowest BCUT2D eigenvalue weighted by Crippen LogP contribution is -2.05. The Morgan fingerprint density at radius 2 is 1.76 bits per heavy atom. The van der Waals surface area contributed by atoms with Crippen LogP contribution in [0.3, 0.4) is 0 Å². The van der Waals surface area contributed by atoms with Crippen molar-refractivity contribution in [3.05, 3.63) is 58.3 Å². The molecule has 2 heterocycles. The van der Waals surface area contributed by atoms with Crippen LogP contribution in [0, 0.1) is 0 Å². The van der Waals surface area contributed by atoms with Crippen molar-refractivity contribution in [2.24, 2.45) is 0 Å². The summed E-state index contributed by atoms with van der Waals surface area (Å²) in [5, 5.41) is 0.869. The normalized spacial score (nSPS) is 12.0. The number of hydrogen-bond acceptors (Lipinski definition) is 1. The Morgan fingerprint density at radius 1 is 1.00 bits per heavy atom. The maximum absolute atomic E-state index is 12.7.